The average molecular weight is 470 g/mol. The number of fused-ring (bicyclic) bond motifs is 1. The highest BCUT2D eigenvalue weighted by Crippen LogP contribution is 2.37. The average Bonchev–Trinajstić information content (AvgIpc) is 3.16. The zero-order chi connectivity index (χ0) is 21.4. The largest absolute Gasteiger partial charge is 0.493 e. The maximum atomic E-state index is 12.3. The topological polar surface area (TPSA) is 104 Å². The fourth-order valence-corrected chi connectivity index (χ4v) is 3.79. The van der Waals surface area contributed by atoms with Crippen molar-refractivity contribution in [1.82, 2.24) is 14.8 Å². The minimum atomic E-state index is -0.512. The van der Waals surface area contributed by atoms with E-state index < -0.39 is 11.9 Å². The third-order valence-electron chi connectivity index (χ3n) is 4.95. The van der Waals surface area contributed by atoms with Crippen molar-refractivity contribution in [2.75, 3.05) is 19.5 Å². The van der Waals surface area contributed by atoms with Gasteiger partial charge in [0.1, 0.15) is 6.04 Å². The first-order valence-corrected chi connectivity index (χ1v) is 9.94. The van der Waals surface area contributed by atoms with Gasteiger partial charge in [0.15, 0.2) is 17.3 Å². The molecule has 4 rings (SSSR count). The second-order valence-corrected chi connectivity index (χ2v) is 7.67. The van der Waals surface area contributed by atoms with Gasteiger partial charge in [0.05, 0.1) is 19.8 Å². The number of methoxy groups -OCH3 is 2. The Morgan fingerprint density at radius 3 is 2.47 bits per heavy atom. The number of halogens is 1. The van der Waals surface area contributed by atoms with Crippen LogP contribution in [0.25, 0.3) is 11.4 Å². The monoisotopic (exact) mass is 469 g/mol. The molecule has 30 heavy (non-hydrogen) atoms. The number of nitrogens with zero attached hydrogens (tertiary/aromatic N) is 3. The van der Waals surface area contributed by atoms with Crippen molar-refractivity contribution in [3.8, 4) is 22.9 Å². The molecule has 0 radical (unpaired) electrons. The summed E-state index contributed by atoms with van der Waals surface area (Å²) in [6, 6.07) is 12.7. The molecule has 1 unspecified atom stereocenters. The number of anilines is 1. The first-order chi connectivity index (χ1) is 14.4. The Labute approximate surface area is 181 Å². The lowest BCUT2D eigenvalue weighted by molar-refractivity contribution is -0.115. The number of amides is 1. The summed E-state index contributed by atoms with van der Waals surface area (Å²) in [5.41, 5.74) is 8.43. The molecule has 1 aliphatic rings. The highest BCUT2D eigenvalue weighted by molar-refractivity contribution is 9.10. The second-order valence-electron chi connectivity index (χ2n) is 6.76. The molecule has 0 saturated carbocycles. The van der Waals surface area contributed by atoms with E-state index in [1.165, 1.54) is 0 Å². The van der Waals surface area contributed by atoms with Gasteiger partial charge in [0, 0.05) is 15.7 Å². The molecule has 2 aromatic carbocycles. The van der Waals surface area contributed by atoms with E-state index in [9.17, 15) is 4.79 Å². The first kappa shape index (κ1) is 20.0. The molecule has 1 atom stereocenters. The van der Waals surface area contributed by atoms with Gasteiger partial charge in [0.2, 0.25) is 11.9 Å². The number of carbonyl (C=O) groups is 1. The second kappa shape index (κ2) is 7.83. The zero-order valence-corrected chi connectivity index (χ0v) is 18.2. The first-order valence-electron chi connectivity index (χ1n) is 9.15. The predicted octanol–water partition coefficient (Wildman–Crippen LogP) is 3.50. The quantitative estimate of drug-likeness (QED) is 0.592. The molecule has 1 aromatic heterocycles. The van der Waals surface area contributed by atoms with Crippen molar-refractivity contribution in [2.45, 2.75) is 13.0 Å². The van der Waals surface area contributed by atoms with Gasteiger partial charge in [-0.3, -0.25) is 4.79 Å². The number of primary amides is 1. The molecule has 154 valence electrons. The number of aromatic nitrogens is 3. The molecule has 0 saturated heterocycles. The Bertz CT molecular complexity index is 1150. The van der Waals surface area contributed by atoms with Gasteiger partial charge >= 0.3 is 0 Å². The molecule has 0 bridgehead atoms. The third kappa shape index (κ3) is 3.41. The molecule has 3 N–H and O–H groups in total. The van der Waals surface area contributed by atoms with E-state index in [1.807, 2.05) is 36.4 Å². The van der Waals surface area contributed by atoms with Gasteiger partial charge in [0.25, 0.3) is 0 Å². The highest BCUT2D eigenvalue weighted by atomic mass is 79.9. The van der Waals surface area contributed by atoms with Crippen LogP contribution in [0.15, 0.2) is 58.2 Å². The summed E-state index contributed by atoms with van der Waals surface area (Å²) in [7, 11) is 3.16. The summed E-state index contributed by atoms with van der Waals surface area (Å²) in [4.78, 5) is 16.9. The van der Waals surface area contributed by atoms with Crippen LogP contribution in [-0.2, 0) is 4.79 Å². The molecule has 0 fully saturated rings. The van der Waals surface area contributed by atoms with Crippen molar-refractivity contribution < 1.29 is 14.3 Å². The molecule has 0 spiro atoms. The molecule has 8 nitrogen and oxygen atoms in total. The van der Waals surface area contributed by atoms with Crippen LogP contribution in [0.4, 0.5) is 5.95 Å². The Morgan fingerprint density at radius 1 is 1.13 bits per heavy atom. The summed E-state index contributed by atoms with van der Waals surface area (Å²) in [5.74, 6) is 1.69. The molecule has 0 aliphatic carbocycles. The Balaban J connectivity index is 1.84. The van der Waals surface area contributed by atoms with Crippen LogP contribution < -0.4 is 20.5 Å². The van der Waals surface area contributed by atoms with Crippen LogP contribution in [-0.4, -0.2) is 34.9 Å². The SMILES string of the molecule is COc1ccc(-c2nc3n(n2)C(c2ccc(Br)cc2)C(C(N)=O)=C(C)N3)cc1OC. The van der Waals surface area contributed by atoms with E-state index >= 15 is 0 Å². The maximum Gasteiger partial charge on any atom is 0.248 e. The van der Waals surface area contributed by atoms with E-state index in [0.717, 1.165) is 15.6 Å². The minimum absolute atomic E-state index is 0.439. The molecular weight excluding hydrogens is 450 g/mol. The van der Waals surface area contributed by atoms with Gasteiger partial charge < -0.3 is 20.5 Å². The highest BCUT2D eigenvalue weighted by Gasteiger charge is 2.33. The van der Waals surface area contributed by atoms with Gasteiger partial charge in [-0.05, 0) is 42.8 Å². The van der Waals surface area contributed by atoms with Gasteiger partial charge in [-0.15, -0.1) is 5.10 Å². The van der Waals surface area contributed by atoms with Crippen LogP contribution in [0.5, 0.6) is 11.5 Å². The van der Waals surface area contributed by atoms with E-state index in [1.54, 1.807) is 31.9 Å². The van der Waals surface area contributed by atoms with E-state index in [0.29, 0.717) is 34.5 Å². The van der Waals surface area contributed by atoms with Crippen molar-refractivity contribution >= 4 is 27.8 Å². The number of allylic oxidation sites excluding steroid dienone is 1. The number of rotatable bonds is 5. The molecule has 1 aliphatic heterocycles. The summed E-state index contributed by atoms with van der Waals surface area (Å²) in [5, 5.41) is 7.84. The zero-order valence-electron chi connectivity index (χ0n) is 16.6. The molecule has 9 heteroatoms. The predicted molar refractivity (Wildman–Crippen MR) is 116 cm³/mol. The van der Waals surface area contributed by atoms with Crippen LogP contribution in [0, 0.1) is 0 Å². The lowest BCUT2D eigenvalue weighted by Crippen LogP contribution is -2.31. The molecule has 2 heterocycles. The standard InChI is InChI=1S/C21H20BrN5O3/c1-11-17(19(23)28)18(12-4-7-14(22)8-5-12)27-21(24-11)25-20(26-27)13-6-9-15(29-2)16(10-13)30-3/h4-10,18H,1-3H3,(H2,23,28)(H,24,25,26). The van der Waals surface area contributed by atoms with E-state index in [4.69, 9.17) is 20.3 Å². The van der Waals surface area contributed by atoms with Crippen LogP contribution in [0.2, 0.25) is 0 Å². The number of nitrogens with two attached hydrogens (primary N) is 1. The van der Waals surface area contributed by atoms with Crippen molar-refractivity contribution in [2.24, 2.45) is 5.73 Å². The number of carbonyl (C=O) groups excluding carboxylic acids is 1. The normalized spacial score (nSPS) is 15.4. The number of ether oxygens (including phenoxy) is 2. The lowest BCUT2D eigenvalue weighted by Gasteiger charge is -2.27. The lowest BCUT2D eigenvalue weighted by atomic mass is 9.95. The summed E-state index contributed by atoms with van der Waals surface area (Å²) in [6.45, 7) is 1.81. The minimum Gasteiger partial charge on any atom is -0.493 e. The van der Waals surface area contributed by atoms with E-state index in [2.05, 4.69) is 26.2 Å². The van der Waals surface area contributed by atoms with Gasteiger partial charge in [-0.1, -0.05) is 28.1 Å². The Morgan fingerprint density at radius 2 is 1.83 bits per heavy atom. The van der Waals surface area contributed by atoms with Crippen LogP contribution in [0.1, 0.15) is 18.5 Å². The fraction of sp³-hybridized carbons (Fsp3) is 0.190. The van der Waals surface area contributed by atoms with Gasteiger partial charge in [-0.2, -0.15) is 4.98 Å². The van der Waals surface area contributed by atoms with Crippen molar-refractivity contribution in [3.05, 3.63) is 63.8 Å². The Hall–Kier alpha value is -3.33. The third-order valence-corrected chi connectivity index (χ3v) is 5.47. The molecule has 3 aromatic rings. The van der Waals surface area contributed by atoms with Gasteiger partial charge in [-0.25, -0.2) is 4.68 Å². The smallest absolute Gasteiger partial charge is 0.248 e. The van der Waals surface area contributed by atoms with Crippen molar-refractivity contribution in [1.29, 1.82) is 0 Å². The summed E-state index contributed by atoms with van der Waals surface area (Å²) < 4.78 is 13.3. The van der Waals surface area contributed by atoms with Crippen molar-refractivity contribution in [3.63, 3.8) is 0 Å². The summed E-state index contributed by atoms with van der Waals surface area (Å²) >= 11 is 3.44. The number of nitrogens with one attached hydrogen (secondary N) is 1. The molecular formula is C21H20BrN5O3. The number of benzene rings is 2. The molecule has 1 amide bonds. The number of hydrogen-bond donors (Lipinski definition) is 2. The van der Waals surface area contributed by atoms with Crippen LogP contribution in [0.3, 0.4) is 0 Å². The summed E-state index contributed by atoms with van der Waals surface area (Å²) in [6.07, 6.45) is 0. The fourth-order valence-electron chi connectivity index (χ4n) is 3.52. The number of hydrogen-bond acceptors (Lipinski definition) is 6. The van der Waals surface area contributed by atoms with E-state index in [-0.39, 0.29) is 0 Å². The Kier molecular flexibility index (Phi) is 5.21. The maximum absolute atomic E-state index is 12.3. The van der Waals surface area contributed by atoms with Crippen LogP contribution >= 0.6 is 15.9 Å².